The van der Waals surface area contributed by atoms with Crippen molar-refractivity contribution in [2.24, 2.45) is 0 Å². The number of aliphatic carboxylic acids is 1. The van der Waals surface area contributed by atoms with E-state index in [-0.39, 0.29) is 32.3 Å². The fourth-order valence-corrected chi connectivity index (χ4v) is 2.06. The molecule has 1 N–H and O–H groups in total. The van der Waals surface area contributed by atoms with Crippen LogP contribution >= 0.6 is 0 Å². The number of rotatable bonds is 7. The first-order valence-electron chi connectivity index (χ1n) is 6.91. The van der Waals surface area contributed by atoms with E-state index in [0.29, 0.717) is 13.1 Å². The molecule has 1 heterocycles. The van der Waals surface area contributed by atoms with Crippen LogP contribution in [0.25, 0.3) is 0 Å². The summed E-state index contributed by atoms with van der Waals surface area (Å²) in [6, 6.07) is 11.5. The van der Waals surface area contributed by atoms with Crippen molar-refractivity contribution in [3.63, 3.8) is 0 Å². The summed E-state index contributed by atoms with van der Waals surface area (Å²) in [5.41, 5.74) is 1.59. The molecule has 0 fully saturated rings. The molecule has 25 heavy (non-hydrogen) atoms. The number of carboxylic acids is 1. The first kappa shape index (κ1) is 22.5. The van der Waals surface area contributed by atoms with Gasteiger partial charge in [-0.2, -0.15) is 0 Å². The fourth-order valence-electron chi connectivity index (χ4n) is 2.06. The van der Waals surface area contributed by atoms with Gasteiger partial charge in [-0.05, 0) is 17.7 Å². The molecule has 0 aliphatic carbocycles. The molecule has 0 spiro atoms. The molecule has 0 unspecified atom stereocenters. The van der Waals surface area contributed by atoms with Crippen LogP contribution in [-0.2, 0) is 42.8 Å². The third kappa shape index (κ3) is 8.25. The Morgan fingerprint density at radius 1 is 1.16 bits per heavy atom. The third-order valence-corrected chi connectivity index (χ3v) is 3.02. The van der Waals surface area contributed by atoms with Crippen molar-refractivity contribution >= 4 is 18.4 Å². The SMILES string of the molecule is C=O.O=C(O)CN(Cc1ccc([N+](=O)[O-])cc1)Cc1ccccn1.[99Tc+5]. The van der Waals surface area contributed by atoms with Crippen molar-refractivity contribution in [3.8, 4) is 0 Å². The van der Waals surface area contributed by atoms with Gasteiger partial charge in [0.25, 0.3) is 5.69 Å². The molecule has 0 bridgehead atoms. The second-order valence-electron chi connectivity index (χ2n) is 4.78. The Labute approximate surface area is 158 Å². The molecule has 128 valence electrons. The maximum atomic E-state index is 11.0. The average Bonchev–Trinajstić information content (AvgIpc) is 2.57. The van der Waals surface area contributed by atoms with Gasteiger partial charge in [-0.3, -0.25) is 24.8 Å². The third-order valence-electron chi connectivity index (χ3n) is 3.02. The van der Waals surface area contributed by atoms with Crippen LogP contribution < -0.4 is 0 Å². The predicted molar refractivity (Wildman–Crippen MR) is 86.2 cm³/mol. The first-order chi connectivity index (χ1) is 11.5. The second kappa shape index (κ2) is 12.0. The number of non-ortho nitro benzene ring substituents is 1. The van der Waals surface area contributed by atoms with Crippen LogP contribution in [0.1, 0.15) is 11.3 Å². The standard InChI is InChI=1S/C15H15N3O4.CH2O.Tc/c19-15(20)11-17(10-13-3-1-2-8-16-13)9-12-4-6-14(7-5-12)18(21)22;1-2;/h1-8H,9-11H2,(H,19,20);1H2;/q;;+5/i;;1+1. The smallest absolute Gasteiger partial charge is 0.480 e. The molecule has 0 saturated carbocycles. The van der Waals surface area contributed by atoms with E-state index in [1.807, 2.05) is 18.9 Å². The molecule has 0 saturated heterocycles. The van der Waals surface area contributed by atoms with Gasteiger partial charge in [0.05, 0.1) is 17.2 Å². The monoisotopic (exact) mass is 430 g/mol. The Bertz CT molecular complexity index is 667. The number of carboxylic acid groups (broad SMARTS) is 1. The molecule has 0 radical (unpaired) electrons. The molecule has 9 heteroatoms. The van der Waals surface area contributed by atoms with Crippen molar-refractivity contribution in [1.29, 1.82) is 0 Å². The number of nitro groups is 1. The molecule has 0 aliphatic rings. The van der Waals surface area contributed by atoms with E-state index >= 15 is 0 Å². The second-order valence-corrected chi connectivity index (χ2v) is 4.78. The van der Waals surface area contributed by atoms with Crippen molar-refractivity contribution in [1.82, 2.24) is 9.88 Å². The van der Waals surface area contributed by atoms with E-state index in [2.05, 4.69) is 4.98 Å². The Balaban J connectivity index is 0.00000185. The van der Waals surface area contributed by atoms with E-state index in [4.69, 9.17) is 9.90 Å². The maximum absolute atomic E-state index is 11.0. The van der Waals surface area contributed by atoms with Gasteiger partial charge in [-0.15, -0.1) is 0 Å². The van der Waals surface area contributed by atoms with E-state index in [1.165, 1.54) is 12.1 Å². The van der Waals surface area contributed by atoms with Gasteiger partial charge < -0.3 is 9.90 Å². The summed E-state index contributed by atoms with van der Waals surface area (Å²) in [7, 11) is 0. The number of nitrogens with zero attached hydrogens (tertiary/aromatic N) is 3. The van der Waals surface area contributed by atoms with Crippen LogP contribution in [0.2, 0.25) is 0 Å². The van der Waals surface area contributed by atoms with Crippen LogP contribution in [0, 0.1) is 10.1 Å². The number of hydrogen-bond acceptors (Lipinski definition) is 6. The number of pyridine rings is 1. The van der Waals surface area contributed by atoms with Crippen LogP contribution in [0.15, 0.2) is 48.7 Å². The topological polar surface area (TPSA) is 114 Å². The predicted octanol–water partition coefficient (Wildman–Crippen LogP) is 1.89. The average molecular weight is 430 g/mol. The first-order valence-corrected chi connectivity index (χ1v) is 6.91. The molecule has 0 aliphatic heterocycles. The van der Waals surface area contributed by atoms with Crippen molar-refractivity contribution in [2.75, 3.05) is 6.54 Å². The Morgan fingerprint density at radius 3 is 2.28 bits per heavy atom. The largest absolute Gasteiger partial charge is 5.00 e. The summed E-state index contributed by atoms with van der Waals surface area (Å²) >= 11 is 0. The van der Waals surface area contributed by atoms with Crippen LogP contribution in [0.5, 0.6) is 0 Å². The summed E-state index contributed by atoms with van der Waals surface area (Å²) in [6.07, 6.45) is 1.65. The van der Waals surface area contributed by atoms with Crippen LogP contribution in [0.4, 0.5) is 5.69 Å². The molecule has 0 amide bonds. The number of benzene rings is 1. The van der Waals surface area contributed by atoms with E-state index in [9.17, 15) is 14.9 Å². The van der Waals surface area contributed by atoms with Gasteiger partial charge >= 0.3 is 26.1 Å². The van der Waals surface area contributed by atoms with Crippen molar-refractivity contribution in [2.45, 2.75) is 13.1 Å². The summed E-state index contributed by atoms with van der Waals surface area (Å²) in [5.74, 6) is -0.933. The van der Waals surface area contributed by atoms with Gasteiger partial charge in [0, 0.05) is 31.4 Å². The molecule has 2 rings (SSSR count). The number of hydrogen-bond donors (Lipinski definition) is 1. The molecule has 1 aromatic carbocycles. The minimum absolute atomic E-state index is 0. The summed E-state index contributed by atoms with van der Waals surface area (Å²) in [6.45, 7) is 2.64. The molecule has 1 aromatic heterocycles. The zero-order chi connectivity index (χ0) is 17.9. The van der Waals surface area contributed by atoms with Gasteiger partial charge in [0.2, 0.25) is 0 Å². The molecule has 8 nitrogen and oxygen atoms in total. The quantitative estimate of drug-likeness (QED) is 0.527. The van der Waals surface area contributed by atoms with Crippen LogP contribution in [-0.4, -0.2) is 39.2 Å². The Kier molecular flexibility index (Phi) is 10.8. The minimum atomic E-state index is -0.933. The van der Waals surface area contributed by atoms with E-state index in [1.54, 1.807) is 29.3 Å². The maximum Gasteiger partial charge on any atom is 5.00 e. The Hall–Kier alpha value is -2.48. The summed E-state index contributed by atoms with van der Waals surface area (Å²) in [5, 5.41) is 19.6. The van der Waals surface area contributed by atoms with Crippen molar-refractivity contribution < 1.29 is 39.7 Å². The zero-order valence-electron chi connectivity index (χ0n) is 13.2. The van der Waals surface area contributed by atoms with Gasteiger partial charge in [-0.25, -0.2) is 0 Å². The van der Waals surface area contributed by atoms with Crippen LogP contribution in [0.3, 0.4) is 0 Å². The minimum Gasteiger partial charge on any atom is -0.480 e. The summed E-state index contributed by atoms with van der Waals surface area (Å²) < 4.78 is 0. The fraction of sp³-hybridized carbons (Fsp3) is 0.188. The normalized spacial score (nSPS) is 9.48. The van der Waals surface area contributed by atoms with Crippen molar-refractivity contribution in [3.05, 3.63) is 70.0 Å². The zero-order valence-corrected chi connectivity index (χ0v) is 15.1. The molecular formula is C16H17N3O5Tc+5. The number of aromatic nitrogens is 1. The van der Waals surface area contributed by atoms with Gasteiger partial charge in [-0.1, -0.05) is 18.2 Å². The summed E-state index contributed by atoms with van der Waals surface area (Å²) in [4.78, 5) is 35.0. The van der Waals surface area contributed by atoms with Gasteiger partial charge in [0.1, 0.15) is 6.79 Å². The Morgan fingerprint density at radius 2 is 1.80 bits per heavy atom. The molecule has 0 atom stereocenters. The van der Waals surface area contributed by atoms with E-state index < -0.39 is 10.9 Å². The van der Waals surface area contributed by atoms with E-state index in [0.717, 1.165) is 11.3 Å². The number of nitro benzene ring substituents is 1. The molecule has 2 aromatic rings. The number of carbonyl (C=O) groups excluding carboxylic acids is 1. The van der Waals surface area contributed by atoms with Gasteiger partial charge in [0.15, 0.2) is 0 Å². The molecular weight excluding hydrogens is 413 g/mol. The number of carbonyl (C=O) groups is 2.